The molecule has 124 valence electrons. The van der Waals surface area contributed by atoms with Crippen LogP contribution >= 0.6 is 0 Å². The van der Waals surface area contributed by atoms with Crippen LogP contribution in [0.5, 0.6) is 5.75 Å². The van der Waals surface area contributed by atoms with E-state index in [0.29, 0.717) is 25.3 Å². The van der Waals surface area contributed by atoms with E-state index in [2.05, 4.69) is 5.32 Å². The SMILES string of the molecule is COCCCNC(=O)CN1CC(=O)Oc2cc([N+](=O)[O-])ccc21. The molecule has 0 saturated carbocycles. The predicted molar refractivity (Wildman–Crippen MR) is 80.4 cm³/mol. The highest BCUT2D eigenvalue weighted by molar-refractivity contribution is 5.89. The molecule has 0 radical (unpaired) electrons. The first-order valence-corrected chi connectivity index (χ1v) is 7.01. The summed E-state index contributed by atoms with van der Waals surface area (Å²) >= 11 is 0. The van der Waals surface area contributed by atoms with E-state index in [1.807, 2.05) is 0 Å². The summed E-state index contributed by atoms with van der Waals surface area (Å²) in [4.78, 5) is 35.3. The van der Waals surface area contributed by atoms with E-state index in [1.165, 1.54) is 23.1 Å². The summed E-state index contributed by atoms with van der Waals surface area (Å²) in [6.45, 7) is 0.893. The number of hydrogen-bond donors (Lipinski definition) is 1. The number of anilines is 1. The van der Waals surface area contributed by atoms with E-state index in [1.54, 1.807) is 7.11 Å². The summed E-state index contributed by atoms with van der Waals surface area (Å²) in [6, 6.07) is 3.95. The monoisotopic (exact) mass is 323 g/mol. The van der Waals surface area contributed by atoms with Crippen LogP contribution in [0.4, 0.5) is 11.4 Å². The molecule has 9 nitrogen and oxygen atoms in total. The van der Waals surface area contributed by atoms with Crippen LogP contribution in [0, 0.1) is 10.1 Å². The molecule has 0 saturated heterocycles. The van der Waals surface area contributed by atoms with Crippen molar-refractivity contribution < 1.29 is 24.0 Å². The van der Waals surface area contributed by atoms with Gasteiger partial charge in [-0.1, -0.05) is 0 Å². The molecule has 1 N–H and O–H groups in total. The number of rotatable bonds is 7. The van der Waals surface area contributed by atoms with Gasteiger partial charge in [0.2, 0.25) is 5.91 Å². The first kappa shape index (κ1) is 16.7. The number of carbonyl (C=O) groups is 2. The number of nitro groups is 1. The minimum atomic E-state index is -0.574. The maximum absolute atomic E-state index is 11.9. The van der Waals surface area contributed by atoms with Crippen molar-refractivity contribution in [1.29, 1.82) is 0 Å². The highest BCUT2D eigenvalue weighted by Crippen LogP contribution is 2.34. The van der Waals surface area contributed by atoms with Crippen molar-refractivity contribution in [3.8, 4) is 5.75 Å². The molecule has 1 aromatic rings. The van der Waals surface area contributed by atoms with Crippen molar-refractivity contribution in [3.63, 3.8) is 0 Å². The van der Waals surface area contributed by atoms with Gasteiger partial charge in [-0.15, -0.1) is 0 Å². The van der Waals surface area contributed by atoms with E-state index in [0.717, 1.165) is 0 Å². The van der Waals surface area contributed by atoms with Gasteiger partial charge >= 0.3 is 5.97 Å². The lowest BCUT2D eigenvalue weighted by molar-refractivity contribution is -0.384. The third-order valence-corrected chi connectivity index (χ3v) is 3.22. The summed E-state index contributed by atoms with van der Waals surface area (Å²) in [6.07, 6.45) is 0.688. The number of nitrogens with zero attached hydrogens (tertiary/aromatic N) is 2. The highest BCUT2D eigenvalue weighted by Gasteiger charge is 2.27. The van der Waals surface area contributed by atoms with Crippen LogP contribution in [-0.2, 0) is 14.3 Å². The van der Waals surface area contributed by atoms with E-state index >= 15 is 0 Å². The summed E-state index contributed by atoms with van der Waals surface area (Å²) in [5.41, 5.74) is 0.296. The predicted octanol–water partition coefficient (Wildman–Crippen LogP) is 0.473. The van der Waals surface area contributed by atoms with E-state index in [9.17, 15) is 19.7 Å². The lowest BCUT2D eigenvalue weighted by atomic mass is 10.2. The quantitative estimate of drug-likeness (QED) is 0.255. The van der Waals surface area contributed by atoms with Gasteiger partial charge in [-0.25, -0.2) is 4.79 Å². The topological polar surface area (TPSA) is 111 Å². The van der Waals surface area contributed by atoms with E-state index in [-0.39, 0.29) is 30.4 Å². The van der Waals surface area contributed by atoms with Gasteiger partial charge in [0.15, 0.2) is 5.75 Å². The first-order chi connectivity index (χ1) is 11.0. The fourth-order valence-electron chi connectivity index (χ4n) is 2.17. The second-order valence-electron chi connectivity index (χ2n) is 4.94. The lowest BCUT2D eigenvalue weighted by Crippen LogP contribution is -2.43. The number of carbonyl (C=O) groups excluding carboxylic acids is 2. The van der Waals surface area contributed by atoms with Crippen molar-refractivity contribution in [1.82, 2.24) is 5.32 Å². The normalized spacial score (nSPS) is 13.3. The largest absolute Gasteiger partial charge is 0.423 e. The fraction of sp³-hybridized carbons (Fsp3) is 0.429. The molecule has 2 rings (SSSR count). The van der Waals surface area contributed by atoms with Crippen LogP contribution in [0.25, 0.3) is 0 Å². The zero-order valence-electron chi connectivity index (χ0n) is 12.6. The molecule has 0 spiro atoms. The van der Waals surface area contributed by atoms with Crippen molar-refractivity contribution in [2.45, 2.75) is 6.42 Å². The molecular weight excluding hydrogens is 306 g/mol. The van der Waals surface area contributed by atoms with Gasteiger partial charge in [0, 0.05) is 26.3 Å². The Morgan fingerprint density at radius 1 is 1.52 bits per heavy atom. The fourth-order valence-corrected chi connectivity index (χ4v) is 2.17. The number of esters is 1. The smallest absolute Gasteiger partial charge is 0.331 e. The van der Waals surface area contributed by atoms with Crippen molar-refractivity contribution in [2.24, 2.45) is 0 Å². The number of benzene rings is 1. The minimum Gasteiger partial charge on any atom is -0.423 e. The minimum absolute atomic E-state index is 0.0348. The average Bonchev–Trinajstić information content (AvgIpc) is 2.50. The summed E-state index contributed by atoms with van der Waals surface area (Å²) in [5, 5.41) is 13.5. The Kier molecular flexibility index (Phi) is 5.47. The van der Waals surface area contributed by atoms with Gasteiger partial charge < -0.3 is 19.7 Å². The Bertz CT molecular complexity index is 619. The summed E-state index contributed by atoms with van der Waals surface area (Å²) < 4.78 is 9.90. The summed E-state index contributed by atoms with van der Waals surface area (Å²) in [7, 11) is 1.58. The van der Waals surface area contributed by atoms with Gasteiger partial charge in [0.1, 0.15) is 6.54 Å². The molecule has 0 aliphatic carbocycles. The zero-order valence-corrected chi connectivity index (χ0v) is 12.6. The zero-order chi connectivity index (χ0) is 16.8. The Hall–Kier alpha value is -2.68. The number of methoxy groups -OCH3 is 1. The first-order valence-electron chi connectivity index (χ1n) is 7.01. The van der Waals surface area contributed by atoms with Gasteiger partial charge in [0.25, 0.3) is 5.69 Å². The Morgan fingerprint density at radius 2 is 2.30 bits per heavy atom. The van der Waals surface area contributed by atoms with Crippen molar-refractivity contribution in [3.05, 3.63) is 28.3 Å². The standard InChI is InChI=1S/C14H17N3O6/c1-22-6-2-5-15-13(18)8-16-9-14(19)23-12-7-10(17(20)21)3-4-11(12)16/h3-4,7H,2,5-6,8-9H2,1H3,(H,15,18). The maximum atomic E-state index is 11.9. The van der Waals surface area contributed by atoms with E-state index in [4.69, 9.17) is 9.47 Å². The highest BCUT2D eigenvalue weighted by atomic mass is 16.6. The second-order valence-corrected chi connectivity index (χ2v) is 4.94. The number of amides is 1. The number of ether oxygens (including phenoxy) is 2. The molecule has 0 bridgehead atoms. The van der Waals surface area contributed by atoms with Gasteiger partial charge in [0.05, 0.1) is 23.2 Å². The molecule has 1 aliphatic heterocycles. The third-order valence-electron chi connectivity index (χ3n) is 3.22. The molecule has 1 aromatic carbocycles. The maximum Gasteiger partial charge on any atom is 0.331 e. The van der Waals surface area contributed by atoms with Crippen molar-refractivity contribution in [2.75, 3.05) is 38.3 Å². The molecule has 0 aromatic heterocycles. The van der Waals surface area contributed by atoms with E-state index < -0.39 is 10.9 Å². The van der Waals surface area contributed by atoms with Gasteiger partial charge in [-0.2, -0.15) is 0 Å². The number of nitro benzene ring substituents is 1. The Balaban J connectivity index is 2.05. The molecule has 23 heavy (non-hydrogen) atoms. The van der Waals surface area contributed by atoms with Crippen molar-refractivity contribution >= 4 is 23.3 Å². The second kappa shape index (κ2) is 7.54. The van der Waals surface area contributed by atoms with Crippen LogP contribution in [0.15, 0.2) is 18.2 Å². The van der Waals surface area contributed by atoms with Crippen LogP contribution < -0.4 is 15.0 Å². The summed E-state index contributed by atoms with van der Waals surface area (Å²) in [5.74, 6) is -0.729. The molecule has 0 fully saturated rings. The molecule has 0 atom stereocenters. The van der Waals surface area contributed by atoms with Crippen LogP contribution in [0.3, 0.4) is 0 Å². The molecule has 1 heterocycles. The molecule has 1 amide bonds. The molecule has 9 heteroatoms. The number of fused-ring (bicyclic) bond motifs is 1. The Morgan fingerprint density at radius 3 is 3.00 bits per heavy atom. The Labute approximate surface area is 132 Å². The van der Waals surface area contributed by atoms with Crippen LogP contribution in [0.1, 0.15) is 6.42 Å². The number of hydrogen-bond acceptors (Lipinski definition) is 7. The number of non-ortho nitro benzene ring substituents is 1. The third kappa shape index (κ3) is 4.39. The molecule has 0 unspecified atom stereocenters. The average molecular weight is 323 g/mol. The van der Waals surface area contributed by atoms with Gasteiger partial charge in [-0.3, -0.25) is 14.9 Å². The van der Waals surface area contributed by atoms with Crippen LogP contribution in [-0.4, -0.2) is 50.2 Å². The van der Waals surface area contributed by atoms with Gasteiger partial charge in [-0.05, 0) is 12.5 Å². The number of nitrogens with one attached hydrogen (secondary N) is 1. The van der Waals surface area contributed by atoms with Crippen LogP contribution in [0.2, 0.25) is 0 Å². The molecular formula is C14H17N3O6. The lowest BCUT2D eigenvalue weighted by Gasteiger charge is -2.28. The molecule has 1 aliphatic rings.